The Bertz CT molecular complexity index is 968. The molecule has 0 unspecified atom stereocenters. The van der Waals surface area contributed by atoms with Crippen LogP contribution in [0.25, 0.3) is 6.08 Å². The Morgan fingerprint density at radius 2 is 1.86 bits per heavy atom. The van der Waals surface area contributed by atoms with Gasteiger partial charge in [-0.1, -0.05) is 6.07 Å². The number of benzene rings is 2. The summed E-state index contributed by atoms with van der Waals surface area (Å²) in [6, 6.07) is 9.75. The Kier molecular flexibility index (Phi) is 6.33. The Balaban J connectivity index is 1.69. The molecule has 3 rings (SSSR count). The molecular weight excluding hydrogens is 377 g/mol. The van der Waals surface area contributed by atoms with Crippen LogP contribution in [0, 0.1) is 15.9 Å². The van der Waals surface area contributed by atoms with E-state index in [4.69, 9.17) is 0 Å². The molecule has 0 aliphatic carbocycles. The number of hydrogen-bond acceptors (Lipinski definition) is 4. The number of nitrogens with one attached hydrogen (secondary N) is 1. The van der Waals surface area contributed by atoms with E-state index in [9.17, 15) is 24.1 Å². The van der Waals surface area contributed by atoms with Crippen LogP contribution in [0.15, 0.2) is 48.5 Å². The minimum absolute atomic E-state index is 0.0710. The second kappa shape index (κ2) is 9.09. The quantitative estimate of drug-likeness (QED) is 0.469. The second-order valence-electron chi connectivity index (χ2n) is 6.72. The number of anilines is 1. The Morgan fingerprint density at radius 1 is 1.10 bits per heavy atom. The Hall–Kier alpha value is -3.55. The molecule has 1 aliphatic heterocycles. The van der Waals surface area contributed by atoms with Gasteiger partial charge in [0.25, 0.3) is 11.6 Å². The summed E-state index contributed by atoms with van der Waals surface area (Å²) in [7, 11) is 0. The van der Waals surface area contributed by atoms with Crippen molar-refractivity contribution in [3.63, 3.8) is 0 Å². The van der Waals surface area contributed by atoms with Gasteiger partial charge >= 0.3 is 0 Å². The molecule has 29 heavy (non-hydrogen) atoms. The van der Waals surface area contributed by atoms with Crippen molar-refractivity contribution in [2.45, 2.75) is 19.3 Å². The molecule has 0 atom stereocenters. The number of rotatable bonds is 5. The van der Waals surface area contributed by atoms with Gasteiger partial charge in [0, 0.05) is 30.4 Å². The molecule has 7 nitrogen and oxygen atoms in total. The summed E-state index contributed by atoms with van der Waals surface area (Å²) >= 11 is 0. The first-order chi connectivity index (χ1) is 13.9. The zero-order valence-corrected chi connectivity index (χ0v) is 15.6. The fourth-order valence-corrected chi connectivity index (χ4v) is 3.17. The maximum absolute atomic E-state index is 13.2. The van der Waals surface area contributed by atoms with Crippen LogP contribution in [0.5, 0.6) is 0 Å². The van der Waals surface area contributed by atoms with E-state index in [-0.39, 0.29) is 11.5 Å². The summed E-state index contributed by atoms with van der Waals surface area (Å²) in [4.78, 5) is 36.9. The molecule has 0 spiro atoms. The predicted molar refractivity (Wildman–Crippen MR) is 107 cm³/mol. The molecular formula is C21H20FN3O4. The molecule has 0 radical (unpaired) electrons. The van der Waals surface area contributed by atoms with Gasteiger partial charge in [-0.25, -0.2) is 4.39 Å². The maximum Gasteiger partial charge on any atom is 0.279 e. The van der Waals surface area contributed by atoms with Crippen molar-refractivity contribution >= 4 is 29.3 Å². The minimum atomic E-state index is -0.728. The lowest BCUT2D eigenvalue weighted by Gasteiger charge is -2.26. The minimum Gasteiger partial charge on any atom is -0.339 e. The average Bonchev–Trinajstić information content (AvgIpc) is 2.73. The zero-order valence-electron chi connectivity index (χ0n) is 15.6. The SMILES string of the molecule is O=C(C=Cc1ccc(F)cc1[N+](=O)[O-])Nc1cccc(C(=O)N2CCCCC2)c1. The molecule has 2 amide bonds. The van der Waals surface area contributed by atoms with E-state index in [1.807, 2.05) is 0 Å². The third-order valence-electron chi connectivity index (χ3n) is 4.62. The van der Waals surface area contributed by atoms with Crippen molar-refractivity contribution in [3.05, 3.63) is 75.6 Å². The van der Waals surface area contributed by atoms with Gasteiger partial charge in [-0.05, 0) is 55.7 Å². The number of piperidine rings is 1. The highest BCUT2D eigenvalue weighted by Crippen LogP contribution is 2.21. The number of hydrogen-bond donors (Lipinski definition) is 1. The lowest BCUT2D eigenvalue weighted by molar-refractivity contribution is -0.385. The fraction of sp³-hybridized carbons (Fsp3) is 0.238. The highest BCUT2D eigenvalue weighted by molar-refractivity contribution is 6.03. The maximum atomic E-state index is 13.2. The van der Waals surface area contributed by atoms with Gasteiger partial charge in [-0.15, -0.1) is 0 Å². The van der Waals surface area contributed by atoms with Crippen molar-refractivity contribution in [2.75, 3.05) is 18.4 Å². The molecule has 150 valence electrons. The van der Waals surface area contributed by atoms with Gasteiger partial charge in [0.15, 0.2) is 0 Å². The molecule has 0 saturated carbocycles. The van der Waals surface area contributed by atoms with Gasteiger partial charge in [0.05, 0.1) is 16.6 Å². The predicted octanol–water partition coefficient (Wildman–Crippen LogP) is 4.01. The topological polar surface area (TPSA) is 92.5 Å². The van der Waals surface area contributed by atoms with Crippen molar-refractivity contribution in [1.82, 2.24) is 4.90 Å². The zero-order chi connectivity index (χ0) is 20.8. The summed E-state index contributed by atoms with van der Waals surface area (Å²) in [6.45, 7) is 1.46. The number of likely N-dealkylation sites (tertiary alicyclic amines) is 1. The van der Waals surface area contributed by atoms with Crippen molar-refractivity contribution in [1.29, 1.82) is 0 Å². The van der Waals surface area contributed by atoms with Gasteiger partial charge in [0.2, 0.25) is 5.91 Å². The Labute approximate surface area is 167 Å². The van der Waals surface area contributed by atoms with E-state index in [0.29, 0.717) is 11.3 Å². The van der Waals surface area contributed by atoms with Crippen LogP contribution in [0.1, 0.15) is 35.2 Å². The lowest BCUT2D eigenvalue weighted by Crippen LogP contribution is -2.35. The van der Waals surface area contributed by atoms with E-state index < -0.39 is 22.3 Å². The third-order valence-corrected chi connectivity index (χ3v) is 4.62. The molecule has 1 saturated heterocycles. The molecule has 1 fully saturated rings. The number of amides is 2. The first-order valence-electron chi connectivity index (χ1n) is 9.26. The van der Waals surface area contributed by atoms with Gasteiger partial charge in [0.1, 0.15) is 5.82 Å². The van der Waals surface area contributed by atoms with E-state index in [1.165, 1.54) is 12.1 Å². The molecule has 1 aliphatic rings. The highest BCUT2D eigenvalue weighted by atomic mass is 19.1. The largest absolute Gasteiger partial charge is 0.339 e. The number of carbonyl (C=O) groups excluding carboxylic acids is 2. The van der Waals surface area contributed by atoms with Crippen molar-refractivity contribution < 1.29 is 18.9 Å². The molecule has 2 aromatic rings. The summed E-state index contributed by atoms with van der Waals surface area (Å²) in [5.41, 5.74) is 0.614. The fourth-order valence-electron chi connectivity index (χ4n) is 3.17. The lowest BCUT2D eigenvalue weighted by atomic mass is 10.1. The average molecular weight is 397 g/mol. The first kappa shape index (κ1) is 20.2. The molecule has 8 heteroatoms. The Morgan fingerprint density at radius 3 is 2.59 bits per heavy atom. The molecule has 0 aromatic heterocycles. The smallest absolute Gasteiger partial charge is 0.279 e. The van der Waals surface area contributed by atoms with Gasteiger partial charge < -0.3 is 10.2 Å². The number of halogens is 1. The van der Waals surface area contributed by atoms with Gasteiger partial charge in [-0.2, -0.15) is 0 Å². The van der Waals surface area contributed by atoms with E-state index in [1.54, 1.807) is 29.2 Å². The van der Waals surface area contributed by atoms with Crippen molar-refractivity contribution in [3.8, 4) is 0 Å². The second-order valence-corrected chi connectivity index (χ2v) is 6.72. The van der Waals surface area contributed by atoms with Crippen LogP contribution in [0.3, 0.4) is 0 Å². The first-order valence-corrected chi connectivity index (χ1v) is 9.26. The summed E-state index contributed by atoms with van der Waals surface area (Å²) in [5, 5.41) is 13.6. The number of nitro benzene ring substituents is 1. The van der Waals surface area contributed by atoms with Gasteiger partial charge in [-0.3, -0.25) is 19.7 Å². The third kappa shape index (κ3) is 5.25. The number of carbonyl (C=O) groups is 2. The molecule has 1 heterocycles. The van der Waals surface area contributed by atoms with Crippen LogP contribution >= 0.6 is 0 Å². The standard InChI is InChI=1S/C21H20FN3O4/c22-17-9-7-15(19(14-17)25(28)29)8-10-20(26)23-18-6-4-5-16(13-18)21(27)24-11-2-1-3-12-24/h4-10,13-14H,1-3,11-12H2,(H,23,26). The summed E-state index contributed by atoms with van der Waals surface area (Å²) < 4.78 is 13.2. The highest BCUT2D eigenvalue weighted by Gasteiger charge is 2.18. The summed E-state index contributed by atoms with van der Waals surface area (Å²) in [5.74, 6) is -1.32. The van der Waals surface area contributed by atoms with E-state index >= 15 is 0 Å². The van der Waals surface area contributed by atoms with E-state index in [0.717, 1.165) is 50.6 Å². The number of nitro groups is 1. The molecule has 0 bridgehead atoms. The van der Waals surface area contributed by atoms with E-state index in [2.05, 4.69) is 5.32 Å². The van der Waals surface area contributed by atoms with Crippen LogP contribution in [-0.4, -0.2) is 34.7 Å². The van der Waals surface area contributed by atoms with Crippen LogP contribution in [-0.2, 0) is 4.79 Å². The normalized spacial score (nSPS) is 14.0. The number of nitrogens with zero attached hydrogens (tertiary/aromatic N) is 2. The van der Waals surface area contributed by atoms with Crippen LogP contribution < -0.4 is 5.32 Å². The molecule has 1 N–H and O–H groups in total. The summed E-state index contributed by atoms with van der Waals surface area (Å²) in [6.07, 6.45) is 5.47. The molecule has 2 aromatic carbocycles. The monoisotopic (exact) mass is 397 g/mol. The van der Waals surface area contributed by atoms with Crippen LogP contribution in [0.4, 0.5) is 15.8 Å². The van der Waals surface area contributed by atoms with Crippen molar-refractivity contribution in [2.24, 2.45) is 0 Å². The van der Waals surface area contributed by atoms with Crippen LogP contribution in [0.2, 0.25) is 0 Å².